The molecule has 2 aliphatic heterocycles. The molecular weight excluding hydrogens is 1520 g/mol. The number of halogens is 3. The molecule has 0 spiro atoms. The van der Waals surface area contributed by atoms with E-state index in [4.69, 9.17) is 36.7 Å². The summed E-state index contributed by atoms with van der Waals surface area (Å²) in [6.07, 6.45) is 3.21. The minimum absolute atomic E-state index is 0.0472. The molecule has 8 atom stereocenters. The first-order valence-electron chi connectivity index (χ1n) is 39.2. The number of nitrogens with zero attached hydrogens (tertiary/aromatic N) is 2. The second kappa shape index (κ2) is 39.2. The molecule has 116 heavy (non-hydrogen) atoms. The van der Waals surface area contributed by atoms with Gasteiger partial charge in [0.1, 0.15) is 47.3 Å². The number of rotatable bonds is 26. The van der Waals surface area contributed by atoms with Gasteiger partial charge in [-0.25, -0.2) is 22.9 Å². The van der Waals surface area contributed by atoms with Crippen LogP contribution in [0.2, 0.25) is 0 Å². The number of cyclic esters (lactones) is 1. The van der Waals surface area contributed by atoms with Crippen LogP contribution in [0.25, 0.3) is 4.85 Å². The van der Waals surface area contributed by atoms with Gasteiger partial charge in [0.15, 0.2) is 5.69 Å². The Bertz CT molecular complexity index is 5140. The number of hydrogen-bond acceptors (Lipinski definition) is 17. The number of nitrogens with one attached hydrogen (secondary N) is 2. The van der Waals surface area contributed by atoms with E-state index in [-0.39, 0.29) is 72.0 Å². The summed E-state index contributed by atoms with van der Waals surface area (Å²) < 4.78 is 106. The van der Waals surface area contributed by atoms with Gasteiger partial charge in [0.2, 0.25) is 0 Å². The van der Waals surface area contributed by atoms with Crippen LogP contribution in [-0.2, 0) is 104 Å². The van der Waals surface area contributed by atoms with Gasteiger partial charge in [0.05, 0.1) is 64.1 Å². The zero-order valence-electron chi connectivity index (χ0n) is 64.5. The third-order valence-electron chi connectivity index (χ3n) is 21.5. The SMILES string of the molecule is CCC[C@@]1(CCc2ccccc2)CC(O)=C(Cc2cccc(NCc3ccc(C(F)(F)F)cn3)c2)C(=O)O1.Nc1cccc(CO[C@@H]2[C@H](O)[C@@H](O)[C@@H](OCc3cccc(N)c3)[C@@H](Cc3ccccc3)S(=O)[C@@H]2Cc2ccccc2)c1.[C-]#[N+]c1ccc(S(=O)(=O)Nc2cccc(C(c3c(O)c4c(oc3=O)CCCCCC4)C3CC3)c2)cc1. The van der Waals surface area contributed by atoms with Crippen LogP contribution >= 0.6 is 0 Å². The number of esters is 1. The lowest BCUT2D eigenvalue weighted by atomic mass is 9.83. The minimum Gasteiger partial charge on any atom is -0.512 e. The molecular formula is C92H97F3N6O13S2. The van der Waals surface area contributed by atoms with Crippen molar-refractivity contribution in [1.82, 2.24) is 4.98 Å². The van der Waals surface area contributed by atoms with E-state index < -0.39 is 84.7 Å². The number of pyridine rings is 1. The number of carbonyl (C=O) groups is 1. The summed E-state index contributed by atoms with van der Waals surface area (Å²) in [5, 5.41) is 47.5. The number of sulfonamides is 1. The number of aromatic nitrogens is 1. The van der Waals surface area contributed by atoms with Gasteiger partial charge in [-0.15, -0.1) is 0 Å². The van der Waals surface area contributed by atoms with Crippen LogP contribution in [0.4, 0.5) is 41.6 Å². The first-order chi connectivity index (χ1) is 55.9. The Hall–Kier alpha value is -10.9. The molecule has 8 aromatic carbocycles. The van der Waals surface area contributed by atoms with Crippen molar-refractivity contribution in [3.05, 3.63) is 331 Å². The normalized spacial score (nSPS) is 20.5. The van der Waals surface area contributed by atoms with Gasteiger partial charge >= 0.3 is 17.8 Å². The predicted molar refractivity (Wildman–Crippen MR) is 443 cm³/mol. The Morgan fingerprint density at radius 2 is 1.22 bits per heavy atom. The summed E-state index contributed by atoms with van der Waals surface area (Å²) in [6.45, 7) is 9.59. The molecule has 1 saturated heterocycles. The number of anilines is 4. The average molecular weight is 1620 g/mol. The van der Waals surface area contributed by atoms with Crippen LogP contribution < -0.4 is 27.1 Å². The van der Waals surface area contributed by atoms with Crippen molar-refractivity contribution in [2.45, 2.75) is 187 Å². The maximum absolute atomic E-state index is 14.7. The molecule has 1 unspecified atom stereocenters. The smallest absolute Gasteiger partial charge is 0.417 e. The molecule has 4 heterocycles. The lowest BCUT2D eigenvalue weighted by molar-refractivity contribution is -0.161. The fourth-order valence-corrected chi connectivity index (χ4v) is 18.7. The Kier molecular flexibility index (Phi) is 28.5. The van der Waals surface area contributed by atoms with Gasteiger partial charge in [-0.1, -0.05) is 190 Å². The summed E-state index contributed by atoms with van der Waals surface area (Å²) in [6, 6.07) is 66.5. The largest absolute Gasteiger partial charge is 0.512 e. The molecule has 0 bridgehead atoms. The fourth-order valence-electron chi connectivity index (χ4n) is 15.4. The van der Waals surface area contributed by atoms with Crippen LogP contribution in [0.5, 0.6) is 5.75 Å². The summed E-state index contributed by atoms with van der Waals surface area (Å²) >= 11 is 0. The molecule has 1 saturated carbocycles. The van der Waals surface area contributed by atoms with E-state index in [2.05, 4.69) is 19.9 Å². The summed E-state index contributed by atoms with van der Waals surface area (Å²) in [5.74, 6) is 0.0163. The van der Waals surface area contributed by atoms with Gasteiger partial charge in [-0.05, 0) is 170 Å². The number of aryl methyl sites for hydroxylation is 2. The number of fused-ring (bicyclic) bond motifs is 1. The molecule has 4 aliphatic rings. The molecule has 2 fully saturated rings. The highest BCUT2D eigenvalue weighted by Gasteiger charge is 2.51. The molecule has 10 N–H and O–H groups in total. The maximum Gasteiger partial charge on any atom is 0.417 e. The van der Waals surface area contributed by atoms with Crippen molar-refractivity contribution < 1.29 is 69.6 Å². The third-order valence-corrected chi connectivity index (χ3v) is 25.0. The van der Waals surface area contributed by atoms with Crippen molar-refractivity contribution in [2.75, 3.05) is 21.5 Å². The number of nitrogen functional groups attached to an aromatic ring is 2. The lowest BCUT2D eigenvalue weighted by Crippen LogP contribution is -2.49. The van der Waals surface area contributed by atoms with Crippen LogP contribution in [-0.4, -0.2) is 84.5 Å². The van der Waals surface area contributed by atoms with Gasteiger partial charge in [-0.3, -0.25) is 13.9 Å². The second-order valence-electron chi connectivity index (χ2n) is 30.1. The standard InChI is InChI=1S/C34H38N2O5S.C30H31F3N2O3.C28H28N2O5S/c35-27-15-7-13-25(17-27)21-40-33-29(19-23-9-3-1-4-10-23)42(39)30(20-24-11-5-2-6-12-24)34(32(38)31(33)37)41-22-26-14-8-16-28(36)18-26;1-2-14-29(15-13-21-7-4-3-5-8-21)18-27(36)26(28(37)38-29)17-22-9-6-10-24(16-22)35-20-25-12-11-23(19-34-25)30(31,32)33;1-29-20-13-15-22(16-14-20)36(33,34)30-21-8-6-7-19(17-21)25(18-11-12-18)26-27(31)23-9-4-2-3-5-10-24(23)35-28(26)32/h1-18,29-34,37-38H,19-22,35-36H2;3-12,16,19,35-36H,2,13-15,17-18,20H2,1H3;6-8,13-18,25,30-31H,2-5,9-12H2/t29-,30-,31-,32-,33+,34+;29-;/m11./s1. The van der Waals surface area contributed by atoms with Crippen molar-refractivity contribution in [3.8, 4) is 5.75 Å². The van der Waals surface area contributed by atoms with E-state index in [0.717, 1.165) is 114 Å². The molecule has 10 aromatic rings. The molecule has 2 aliphatic carbocycles. The fraction of sp³-hybridized carbons (Fsp3) is 0.326. The number of carbonyl (C=O) groups excluding carboxylic acids is 1. The number of aliphatic hydroxyl groups is 3. The summed E-state index contributed by atoms with van der Waals surface area (Å²) in [4.78, 5) is 33.4. The number of aromatic hydroxyl groups is 1. The number of alkyl halides is 3. The van der Waals surface area contributed by atoms with E-state index in [1.54, 1.807) is 42.5 Å². The maximum atomic E-state index is 14.7. The monoisotopic (exact) mass is 1610 g/mol. The Morgan fingerprint density at radius 1 is 0.664 bits per heavy atom. The highest BCUT2D eigenvalue weighted by Crippen LogP contribution is 2.49. The Balaban J connectivity index is 0.000000161. The van der Waals surface area contributed by atoms with Crippen LogP contribution in [0.1, 0.15) is 144 Å². The number of aliphatic hydroxyl groups excluding tert-OH is 3. The molecule has 2 aromatic heterocycles. The van der Waals surface area contributed by atoms with E-state index in [1.807, 2.05) is 153 Å². The van der Waals surface area contributed by atoms with E-state index in [9.17, 15) is 55.8 Å². The summed E-state index contributed by atoms with van der Waals surface area (Å²) in [7, 11) is -5.45. The highest BCUT2D eigenvalue weighted by molar-refractivity contribution is 7.92. The Morgan fingerprint density at radius 3 is 1.78 bits per heavy atom. The van der Waals surface area contributed by atoms with Crippen molar-refractivity contribution in [1.29, 1.82) is 0 Å². The average Bonchev–Trinajstić information content (AvgIpc) is 1.65. The zero-order chi connectivity index (χ0) is 81.9. The van der Waals surface area contributed by atoms with E-state index in [0.29, 0.717) is 72.7 Å². The van der Waals surface area contributed by atoms with Gasteiger partial charge in [0, 0.05) is 70.5 Å². The Labute approximate surface area is 677 Å². The second-order valence-corrected chi connectivity index (χ2v) is 33.7. The number of nitrogens with two attached hydrogens (primary N) is 2. The van der Waals surface area contributed by atoms with Gasteiger partial charge < -0.3 is 55.8 Å². The van der Waals surface area contributed by atoms with Crippen LogP contribution in [0, 0.1) is 12.5 Å². The van der Waals surface area contributed by atoms with Crippen molar-refractivity contribution in [3.63, 3.8) is 0 Å². The van der Waals surface area contributed by atoms with Gasteiger partial charge in [0.25, 0.3) is 10.0 Å². The highest BCUT2D eigenvalue weighted by atomic mass is 32.2. The zero-order valence-corrected chi connectivity index (χ0v) is 66.1. The number of ether oxygens (including phenoxy) is 3. The molecule has 606 valence electrons. The summed E-state index contributed by atoms with van der Waals surface area (Å²) in [5.41, 5.74) is 20.6. The van der Waals surface area contributed by atoms with E-state index >= 15 is 0 Å². The number of hydrogen-bond donors (Lipinski definition) is 8. The molecule has 0 radical (unpaired) electrons. The van der Waals surface area contributed by atoms with Crippen LogP contribution in [0.15, 0.2) is 256 Å². The van der Waals surface area contributed by atoms with Gasteiger partial charge in [-0.2, -0.15) is 13.2 Å². The number of benzene rings is 8. The molecule has 0 amide bonds. The predicted octanol–water partition coefficient (Wildman–Crippen LogP) is 17.1. The van der Waals surface area contributed by atoms with Crippen molar-refractivity contribution >= 4 is 55.2 Å². The molecule has 14 rings (SSSR count). The van der Waals surface area contributed by atoms with Crippen LogP contribution in [0.3, 0.4) is 0 Å². The topological polar surface area (TPSA) is 300 Å². The quantitative estimate of drug-likeness (QED) is 0.0142. The molecule has 24 heteroatoms. The first-order valence-corrected chi connectivity index (χ1v) is 42.0. The minimum atomic E-state index is -4.42. The molecule has 19 nitrogen and oxygen atoms in total. The third kappa shape index (κ3) is 22.4. The van der Waals surface area contributed by atoms with Crippen molar-refractivity contribution in [2.24, 2.45) is 5.92 Å². The first kappa shape index (κ1) is 84.5. The lowest BCUT2D eigenvalue weighted by Gasteiger charge is -2.37. The van der Waals surface area contributed by atoms with E-state index in [1.165, 1.54) is 30.3 Å².